The van der Waals surface area contributed by atoms with Gasteiger partial charge in [0.2, 0.25) is 0 Å². The summed E-state index contributed by atoms with van der Waals surface area (Å²) in [6.45, 7) is 0. The molecule has 1 aliphatic carbocycles. The van der Waals surface area contributed by atoms with Gasteiger partial charge in [-0.1, -0.05) is 0 Å². The molecule has 0 aliphatic heterocycles. The van der Waals surface area contributed by atoms with Crippen molar-refractivity contribution in [1.82, 2.24) is 0 Å². The van der Waals surface area contributed by atoms with E-state index in [2.05, 4.69) is 0 Å². The van der Waals surface area contributed by atoms with E-state index in [1.165, 1.54) is 0 Å². The van der Waals surface area contributed by atoms with Gasteiger partial charge in [-0.3, -0.25) is 0 Å². The summed E-state index contributed by atoms with van der Waals surface area (Å²) in [6, 6.07) is 0. The Kier molecular flexibility index (Phi) is 2.21. The highest BCUT2D eigenvalue weighted by molar-refractivity contribution is 5.88. The smallest absolute Gasteiger partial charge is 0.334 e. The Labute approximate surface area is 66.0 Å². The Bertz CT molecular complexity index is 280. The molecule has 0 spiro atoms. The number of carboxylic acid groups (broad SMARTS) is 1. The quantitative estimate of drug-likeness (QED) is 0.665. The van der Waals surface area contributed by atoms with Crippen molar-refractivity contribution in [3.8, 4) is 0 Å². The summed E-state index contributed by atoms with van der Waals surface area (Å²) in [4.78, 5) is 10.2. The number of alkyl halides is 1. The lowest BCUT2D eigenvalue weighted by Crippen LogP contribution is -2.14. The molecule has 0 aromatic carbocycles. The van der Waals surface area contributed by atoms with E-state index in [-0.39, 0.29) is 6.08 Å². The highest BCUT2D eigenvalue weighted by atomic mass is 19.2. The Balaban J connectivity index is 3.01. The van der Waals surface area contributed by atoms with E-state index in [1.807, 2.05) is 0 Å². The van der Waals surface area contributed by atoms with Crippen molar-refractivity contribution in [3.05, 3.63) is 23.3 Å². The lowest BCUT2D eigenvalue weighted by Gasteiger charge is -2.11. The van der Waals surface area contributed by atoms with Gasteiger partial charge < -0.3 is 5.11 Å². The molecular formula is C7H5F3O2. The topological polar surface area (TPSA) is 37.3 Å². The summed E-state index contributed by atoms with van der Waals surface area (Å²) in [5.41, 5.74) is -0.719. The minimum Gasteiger partial charge on any atom is -0.478 e. The van der Waals surface area contributed by atoms with Crippen LogP contribution in [-0.2, 0) is 4.79 Å². The normalized spacial score (nSPS) is 23.9. The van der Waals surface area contributed by atoms with E-state index < -0.39 is 35.8 Å². The molecule has 0 bridgehead atoms. The predicted octanol–water partition coefficient (Wildman–Crippen LogP) is 1.89. The number of allylic oxidation sites excluding steroid dienone is 3. The second-order valence-corrected chi connectivity index (χ2v) is 2.33. The zero-order valence-electron chi connectivity index (χ0n) is 5.85. The number of aliphatic carboxylic acids is 1. The summed E-state index contributed by atoms with van der Waals surface area (Å²) < 4.78 is 37.3. The molecular weight excluding hydrogens is 173 g/mol. The maximum atomic E-state index is 12.5. The van der Waals surface area contributed by atoms with E-state index >= 15 is 0 Å². The van der Waals surface area contributed by atoms with Gasteiger partial charge in [0.1, 0.15) is 11.7 Å². The van der Waals surface area contributed by atoms with Gasteiger partial charge in [-0.2, -0.15) is 0 Å². The largest absolute Gasteiger partial charge is 0.478 e. The van der Waals surface area contributed by atoms with Gasteiger partial charge in [0.05, 0.1) is 5.57 Å². The third-order valence-electron chi connectivity index (χ3n) is 1.49. The molecule has 0 saturated carbocycles. The molecule has 1 aliphatic rings. The van der Waals surface area contributed by atoms with Crippen LogP contribution in [0.1, 0.15) is 6.42 Å². The first kappa shape index (κ1) is 8.83. The van der Waals surface area contributed by atoms with Crippen molar-refractivity contribution in [3.63, 3.8) is 0 Å². The fraction of sp³-hybridized carbons (Fsp3) is 0.286. The van der Waals surface area contributed by atoms with Crippen LogP contribution in [0.15, 0.2) is 23.3 Å². The molecule has 0 saturated heterocycles. The molecule has 0 heterocycles. The average molecular weight is 178 g/mol. The molecule has 1 unspecified atom stereocenters. The predicted molar refractivity (Wildman–Crippen MR) is 34.5 cm³/mol. The van der Waals surface area contributed by atoms with Crippen molar-refractivity contribution in [2.45, 2.75) is 12.6 Å². The molecule has 0 fully saturated rings. The summed E-state index contributed by atoms with van der Waals surface area (Å²) in [5.74, 6) is -4.04. The lowest BCUT2D eigenvalue weighted by molar-refractivity contribution is -0.133. The second kappa shape index (κ2) is 3.00. The number of carbonyl (C=O) groups is 1. The number of carboxylic acids is 1. The van der Waals surface area contributed by atoms with Gasteiger partial charge in [-0.05, 0) is 0 Å². The second-order valence-electron chi connectivity index (χ2n) is 2.33. The van der Waals surface area contributed by atoms with Crippen LogP contribution in [0.5, 0.6) is 0 Å². The summed E-state index contributed by atoms with van der Waals surface area (Å²) in [5, 5.41) is 8.30. The first-order valence-corrected chi connectivity index (χ1v) is 3.15. The molecule has 0 radical (unpaired) electrons. The first-order valence-electron chi connectivity index (χ1n) is 3.15. The molecule has 66 valence electrons. The minimum atomic E-state index is -2.03. The van der Waals surface area contributed by atoms with E-state index in [4.69, 9.17) is 5.11 Å². The Morgan fingerprint density at radius 1 is 1.58 bits per heavy atom. The van der Waals surface area contributed by atoms with Crippen LogP contribution in [0.2, 0.25) is 0 Å². The molecule has 1 atom stereocenters. The van der Waals surface area contributed by atoms with Crippen LogP contribution in [0.25, 0.3) is 0 Å². The van der Waals surface area contributed by atoms with Crippen LogP contribution < -0.4 is 0 Å². The van der Waals surface area contributed by atoms with Crippen LogP contribution >= 0.6 is 0 Å². The fourth-order valence-corrected chi connectivity index (χ4v) is 0.862. The standard InChI is InChI=1S/C7H5F3O2/c8-4-2-6(10)5(9)1-3(4)7(11)12/h2,5H,1H2,(H,11,12). The zero-order valence-corrected chi connectivity index (χ0v) is 5.85. The molecule has 0 aromatic rings. The summed E-state index contributed by atoms with van der Waals surface area (Å²) >= 11 is 0. The van der Waals surface area contributed by atoms with Crippen molar-refractivity contribution in [2.75, 3.05) is 0 Å². The van der Waals surface area contributed by atoms with Gasteiger partial charge in [-0.15, -0.1) is 0 Å². The van der Waals surface area contributed by atoms with Gasteiger partial charge in [0.25, 0.3) is 0 Å². The highest BCUT2D eigenvalue weighted by Gasteiger charge is 2.27. The molecule has 0 aromatic heterocycles. The lowest BCUT2D eigenvalue weighted by atomic mass is 10.0. The Hall–Kier alpha value is -1.26. The van der Waals surface area contributed by atoms with Crippen molar-refractivity contribution >= 4 is 5.97 Å². The van der Waals surface area contributed by atoms with Crippen LogP contribution in [0.4, 0.5) is 13.2 Å². The zero-order chi connectivity index (χ0) is 9.30. The third kappa shape index (κ3) is 1.49. The number of halogens is 3. The molecule has 5 heteroatoms. The van der Waals surface area contributed by atoms with Crippen molar-refractivity contribution in [2.24, 2.45) is 0 Å². The van der Waals surface area contributed by atoms with Gasteiger partial charge in [0, 0.05) is 12.5 Å². The van der Waals surface area contributed by atoms with E-state index in [1.54, 1.807) is 0 Å². The average Bonchev–Trinajstić information content (AvgIpc) is 1.96. The molecule has 1 N–H and O–H groups in total. The molecule has 12 heavy (non-hydrogen) atoms. The Morgan fingerprint density at radius 3 is 2.67 bits per heavy atom. The maximum Gasteiger partial charge on any atom is 0.334 e. The minimum absolute atomic E-state index is 0.262. The van der Waals surface area contributed by atoms with Gasteiger partial charge in [-0.25, -0.2) is 18.0 Å². The monoisotopic (exact) mass is 178 g/mol. The van der Waals surface area contributed by atoms with Crippen molar-refractivity contribution < 1.29 is 23.1 Å². The third-order valence-corrected chi connectivity index (χ3v) is 1.49. The summed E-state index contributed by atoms with van der Waals surface area (Å²) in [6.07, 6.45) is -2.52. The van der Waals surface area contributed by atoms with Gasteiger partial charge >= 0.3 is 5.97 Å². The molecule has 0 amide bonds. The van der Waals surface area contributed by atoms with Crippen molar-refractivity contribution in [1.29, 1.82) is 0 Å². The van der Waals surface area contributed by atoms with E-state index in [0.717, 1.165) is 0 Å². The maximum absolute atomic E-state index is 12.5. The number of hydrogen-bond donors (Lipinski definition) is 1. The van der Waals surface area contributed by atoms with Crippen LogP contribution in [-0.4, -0.2) is 17.2 Å². The van der Waals surface area contributed by atoms with Gasteiger partial charge in [0.15, 0.2) is 6.17 Å². The molecule has 2 nitrogen and oxygen atoms in total. The Morgan fingerprint density at radius 2 is 2.17 bits per heavy atom. The number of hydrogen-bond acceptors (Lipinski definition) is 1. The van der Waals surface area contributed by atoms with E-state index in [9.17, 15) is 18.0 Å². The van der Waals surface area contributed by atoms with Crippen LogP contribution in [0, 0.1) is 0 Å². The highest BCUT2D eigenvalue weighted by Crippen LogP contribution is 2.28. The van der Waals surface area contributed by atoms with Crippen LogP contribution in [0.3, 0.4) is 0 Å². The van der Waals surface area contributed by atoms with E-state index in [0.29, 0.717) is 0 Å². The summed E-state index contributed by atoms with van der Waals surface area (Å²) in [7, 11) is 0. The first-order chi connectivity index (χ1) is 5.52. The fourth-order valence-electron chi connectivity index (χ4n) is 0.862. The molecule has 1 rings (SSSR count). The number of rotatable bonds is 1. The SMILES string of the molecule is O=C(O)C1=C(F)C=C(F)C(F)C1.